The van der Waals surface area contributed by atoms with Crippen LogP contribution in [-0.2, 0) is 17.8 Å². The molecule has 1 atom stereocenters. The summed E-state index contributed by atoms with van der Waals surface area (Å²) in [5.41, 5.74) is 1.84. The molecule has 1 aliphatic heterocycles. The van der Waals surface area contributed by atoms with Crippen LogP contribution < -0.4 is 0 Å². The molecule has 2 aromatic heterocycles. The summed E-state index contributed by atoms with van der Waals surface area (Å²) in [7, 11) is 1.83. The van der Waals surface area contributed by atoms with E-state index in [2.05, 4.69) is 17.5 Å². The number of nitro groups is 1. The summed E-state index contributed by atoms with van der Waals surface area (Å²) in [6.45, 7) is 1.24. The van der Waals surface area contributed by atoms with Crippen molar-refractivity contribution in [2.75, 3.05) is 20.1 Å². The zero-order valence-corrected chi connectivity index (χ0v) is 18.7. The highest BCUT2D eigenvalue weighted by molar-refractivity contribution is 7.10. The second-order valence-corrected chi connectivity index (χ2v) is 9.65. The molecule has 0 saturated heterocycles. The van der Waals surface area contributed by atoms with Crippen LogP contribution in [0.4, 0.5) is 5.69 Å². The average molecular weight is 462 g/mol. The molecule has 0 saturated carbocycles. The molecular weight excluding hydrogens is 442 g/mol. The summed E-state index contributed by atoms with van der Waals surface area (Å²) in [6, 6.07) is 10.5. The molecule has 1 aliphatic rings. The summed E-state index contributed by atoms with van der Waals surface area (Å²) in [6.07, 6.45) is 0.862. The van der Waals surface area contributed by atoms with Gasteiger partial charge >= 0.3 is 0 Å². The number of amides is 1. The largest absolute Gasteiger partial charge is 0.329 e. The molecule has 3 heterocycles. The zero-order chi connectivity index (χ0) is 21.3. The SMILES string of the molecule is CN(CC(=O)N1CCc2sccc2[C@H]1c1cccs1)Cc1cc([N+](=O)[O-])ccc1Cl. The first-order valence-corrected chi connectivity index (χ1v) is 11.6. The fourth-order valence-corrected chi connectivity index (χ4v) is 5.74. The third-order valence-electron chi connectivity index (χ3n) is 5.18. The molecule has 0 N–H and O–H groups in total. The van der Waals surface area contributed by atoms with Gasteiger partial charge in [-0.3, -0.25) is 19.8 Å². The second-order valence-electron chi connectivity index (χ2n) is 7.26. The Morgan fingerprint density at radius 2 is 2.13 bits per heavy atom. The Kier molecular flexibility index (Phi) is 6.19. The molecule has 0 bridgehead atoms. The van der Waals surface area contributed by atoms with E-state index in [4.69, 9.17) is 11.6 Å². The Morgan fingerprint density at radius 3 is 2.87 bits per heavy atom. The Labute approximate surface area is 187 Å². The first-order chi connectivity index (χ1) is 14.4. The van der Waals surface area contributed by atoms with Gasteiger partial charge in [0, 0.05) is 40.0 Å². The molecule has 3 aromatic rings. The molecule has 0 spiro atoms. The number of fused-ring (bicyclic) bond motifs is 1. The van der Waals surface area contributed by atoms with E-state index < -0.39 is 4.92 Å². The summed E-state index contributed by atoms with van der Waals surface area (Å²) in [4.78, 5) is 30.2. The number of carbonyl (C=O) groups is 1. The van der Waals surface area contributed by atoms with Crippen LogP contribution in [0.2, 0.25) is 5.02 Å². The van der Waals surface area contributed by atoms with Gasteiger partial charge in [-0.2, -0.15) is 0 Å². The van der Waals surface area contributed by atoms with Crippen molar-refractivity contribution in [1.29, 1.82) is 0 Å². The smallest absolute Gasteiger partial charge is 0.269 e. The number of hydrogen-bond donors (Lipinski definition) is 0. The maximum atomic E-state index is 13.2. The zero-order valence-electron chi connectivity index (χ0n) is 16.3. The van der Waals surface area contributed by atoms with E-state index in [1.54, 1.807) is 22.7 Å². The maximum absolute atomic E-state index is 13.2. The number of nitrogens with zero attached hydrogens (tertiary/aromatic N) is 3. The van der Waals surface area contributed by atoms with E-state index in [0.29, 0.717) is 23.7 Å². The Hall–Kier alpha value is -2.26. The van der Waals surface area contributed by atoms with Gasteiger partial charge in [0.1, 0.15) is 0 Å². The first-order valence-electron chi connectivity index (χ1n) is 9.44. The van der Waals surface area contributed by atoms with Crippen LogP contribution in [0, 0.1) is 10.1 Å². The highest BCUT2D eigenvalue weighted by Gasteiger charge is 2.33. The Morgan fingerprint density at radius 1 is 1.30 bits per heavy atom. The summed E-state index contributed by atoms with van der Waals surface area (Å²) in [5.74, 6) is 0.0364. The number of likely N-dealkylation sites (N-methyl/N-ethyl adjacent to an activating group) is 1. The van der Waals surface area contributed by atoms with Crippen molar-refractivity contribution >= 4 is 45.9 Å². The maximum Gasteiger partial charge on any atom is 0.269 e. The van der Waals surface area contributed by atoms with Crippen LogP contribution in [0.15, 0.2) is 47.2 Å². The fourth-order valence-electron chi connectivity index (χ4n) is 3.80. The van der Waals surface area contributed by atoms with Gasteiger partial charge in [0.25, 0.3) is 5.69 Å². The van der Waals surface area contributed by atoms with Gasteiger partial charge in [-0.1, -0.05) is 17.7 Å². The lowest BCUT2D eigenvalue weighted by Crippen LogP contribution is -2.44. The number of halogens is 1. The molecule has 0 unspecified atom stereocenters. The lowest BCUT2D eigenvalue weighted by Gasteiger charge is -2.36. The third-order valence-corrected chi connectivity index (χ3v) is 7.47. The van der Waals surface area contributed by atoms with Crippen LogP contribution in [0.5, 0.6) is 0 Å². The predicted octanol–water partition coefficient (Wildman–Crippen LogP) is 4.98. The van der Waals surface area contributed by atoms with Crippen molar-refractivity contribution in [3.8, 4) is 0 Å². The van der Waals surface area contributed by atoms with Crippen LogP contribution in [0.1, 0.15) is 26.9 Å². The van der Waals surface area contributed by atoms with Crippen molar-refractivity contribution in [3.63, 3.8) is 0 Å². The number of non-ortho nitro benzene ring substituents is 1. The van der Waals surface area contributed by atoms with E-state index in [9.17, 15) is 14.9 Å². The van der Waals surface area contributed by atoms with Crippen LogP contribution in [0.3, 0.4) is 0 Å². The molecule has 1 aromatic carbocycles. The minimum atomic E-state index is -0.442. The average Bonchev–Trinajstić information content (AvgIpc) is 3.40. The van der Waals surface area contributed by atoms with Gasteiger partial charge in [0.2, 0.25) is 5.91 Å². The topological polar surface area (TPSA) is 66.7 Å². The van der Waals surface area contributed by atoms with Crippen molar-refractivity contribution in [2.45, 2.75) is 19.0 Å². The summed E-state index contributed by atoms with van der Waals surface area (Å²) < 4.78 is 0. The molecule has 4 rings (SSSR count). The Bertz CT molecular complexity index is 1070. The molecule has 6 nitrogen and oxygen atoms in total. The second kappa shape index (κ2) is 8.85. The molecule has 0 fully saturated rings. The summed E-state index contributed by atoms with van der Waals surface area (Å²) >= 11 is 9.63. The van der Waals surface area contributed by atoms with Crippen LogP contribution >= 0.6 is 34.3 Å². The van der Waals surface area contributed by atoms with Crippen molar-refractivity contribution in [3.05, 3.63) is 83.2 Å². The van der Waals surface area contributed by atoms with Gasteiger partial charge in [0.05, 0.1) is 17.5 Å². The third kappa shape index (κ3) is 4.27. The van der Waals surface area contributed by atoms with Crippen molar-refractivity contribution < 1.29 is 9.72 Å². The number of benzene rings is 1. The van der Waals surface area contributed by atoms with Crippen LogP contribution in [0.25, 0.3) is 0 Å². The van der Waals surface area contributed by atoms with Gasteiger partial charge in [-0.15, -0.1) is 22.7 Å². The summed E-state index contributed by atoms with van der Waals surface area (Å²) in [5, 5.41) is 15.6. The quantitative estimate of drug-likeness (QED) is 0.383. The molecule has 0 aliphatic carbocycles. The van der Waals surface area contributed by atoms with Crippen molar-refractivity contribution in [1.82, 2.24) is 9.80 Å². The molecule has 9 heteroatoms. The lowest BCUT2D eigenvalue weighted by molar-refractivity contribution is -0.384. The Balaban J connectivity index is 1.51. The highest BCUT2D eigenvalue weighted by atomic mass is 35.5. The highest BCUT2D eigenvalue weighted by Crippen LogP contribution is 2.39. The number of hydrogen-bond acceptors (Lipinski definition) is 6. The minimum Gasteiger partial charge on any atom is -0.329 e. The van der Waals surface area contributed by atoms with Gasteiger partial charge < -0.3 is 4.90 Å². The van der Waals surface area contributed by atoms with E-state index in [-0.39, 0.29) is 24.2 Å². The number of nitro benzene ring substituents is 1. The minimum absolute atomic E-state index is 0.00657. The first kappa shape index (κ1) is 21.0. The normalized spacial score (nSPS) is 16.0. The van der Waals surface area contributed by atoms with E-state index >= 15 is 0 Å². The lowest BCUT2D eigenvalue weighted by atomic mass is 9.98. The number of rotatable bonds is 6. The number of thiophene rings is 2. The predicted molar refractivity (Wildman–Crippen MR) is 120 cm³/mol. The monoisotopic (exact) mass is 461 g/mol. The van der Waals surface area contributed by atoms with E-state index in [1.165, 1.54) is 28.6 Å². The van der Waals surface area contributed by atoms with Gasteiger partial charge in [-0.25, -0.2) is 0 Å². The molecular formula is C21H20ClN3O3S2. The van der Waals surface area contributed by atoms with Gasteiger partial charge in [0.15, 0.2) is 0 Å². The molecule has 156 valence electrons. The fraction of sp³-hybridized carbons (Fsp3) is 0.286. The molecule has 0 radical (unpaired) electrons. The van der Waals surface area contributed by atoms with E-state index in [0.717, 1.165) is 11.3 Å². The van der Waals surface area contributed by atoms with Gasteiger partial charge in [-0.05, 0) is 53.6 Å². The van der Waals surface area contributed by atoms with E-state index in [1.807, 2.05) is 28.3 Å². The van der Waals surface area contributed by atoms with Crippen molar-refractivity contribution in [2.24, 2.45) is 0 Å². The molecule has 1 amide bonds. The molecule has 30 heavy (non-hydrogen) atoms. The standard InChI is InChI=1S/C21H20ClN3O3S2/c1-23(12-14-11-15(25(27)28)4-5-17(14)22)13-20(26)24-8-6-18-16(7-10-30-18)21(24)19-3-2-9-29-19/h2-5,7,9-11,21H,6,8,12-13H2,1H3/t21-/m0/s1. The number of carbonyl (C=O) groups excluding carboxylic acids is 1. The van der Waals surface area contributed by atoms with Crippen LogP contribution in [-0.4, -0.2) is 40.8 Å².